The van der Waals surface area contributed by atoms with Gasteiger partial charge >= 0.3 is 0 Å². The van der Waals surface area contributed by atoms with Crippen LogP contribution in [0.25, 0.3) is 0 Å². The molecule has 1 aliphatic heterocycles. The summed E-state index contributed by atoms with van der Waals surface area (Å²) < 4.78 is 0. The summed E-state index contributed by atoms with van der Waals surface area (Å²) in [5, 5.41) is 21.2. The van der Waals surface area contributed by atoms with Crippen molar-refractivity contribution in [2.75, 3.05) is 13.1 Å². The van der Waals surface area contributed by atoms with E-state index in [1.54, 1.807) is 11.3 Å². The Morgan fingerprint density at radius 2 is 2.10 bits per heavy atom. The van der Waals surface area contributed by atoms with Crippen LogP contribution >= 0.6 is 11.3 Å². The lowest BCUT2D eigenvalue weighted by molar-refractivity contribution is 0.0446. The van der Waals surface area contributed by atoms with Crippen LogP contribution in [0.15, 0.2) is 24.3 Å². The van der Waals surface area contributed by atoms with E-state index in [4.69, 9.17) is 0 Å². The zero-order valence-electron chi connectivity index (χ0n) is 11.8. The molecule has 106 valence electrons. The molecule has 3 rings (SSSR count). The summed E-state index contributed by atoms with van der Waals surface area (Å²) in [4.78, 5) is 2.26. The lowest BCUT2D eigenvalue weighted by Crippen LogP contribution is -2.31. The van der Waals surface area contributed by atoms with Gasteiger partial charge in [-0.1, -0.05) is 24.3 Å². The fraction of sp³-hybridized carbons (Fsp3) is 0.467. The predicted molar refractivity (Wildman–Crippen MR) is 79.6 cm³/mol. The number of likely N-dealkylation sites (tertiary alicyclic amines) is 1. The number of aromatic nitrogens is 2. The van der Waals surface area contributed by atoms with Crippen molar-refractivity contribution < 1.29 is 5.11 Å². The standard InChI is InChI=1S/C15H19N3OS/c1-11-5-3-4-6-13(11)15(19)7-8-18(10-15)9-14-17-16-12(2)20-14/h3-6,19H,7-10H2,1-2H3. The highest BCUT2D eigenvalue weighted by molar-refractivity contribution is 7.11. The van der Waals surface area contributed by atoms with Crippen LogP contribution in [0.2, 0.25) is 0 Å². The summed E-state index contributed by atoms with van der Waals surface area (Å²) in [6.07, 6.45) is 0.773. The van der Waals surface area contributed by atoms with E-state index in [-0.39, 0.29) is 0 Å². The van der Waals surface area contributed by atoms with Crippen LogP contribution in [0.5, 0.6) is 0 Å². The number of benzene rings is 1. The van der Waals surface area contributed by atoms with Crippen molar-refractivity contribution in [3.05, 3.63) is 45.4 Å². The molecule has 1 aromatic heterocycles. The summed E-state index contributed by atoms with van der Waals surface area (Å²) in [5.74, 6) is 0. The molecule has 2 aromatic rings. The third-order valence-corrected chi connectivity index (χ3v) is 4.72. The second-order valence-electron chi connectivity index (χ2n) is 5.52. The summed E-state index contributed by atoms with van der Waals surface area (Å²) in [6, 6.07) is 8.11. The van der Waals surface area contributed by atoms with Crippen molar-refractivity contribution in [3.8, 4) is 0 Å². The maximum absolute atomic E-state index is 10.9. The first-order valence-corrected chi connectivity index (χ1v) is 7.68. The molecule has 1 atom stereocenters. The number of nitrogens with zero attached hydrogens (tertiary/aromatic N) is 3. The molecular weight excluding hydrogens is 270 g/mol. The number of hydrogen-bond acceptors (Lipinski definition) is 5. The fourth-order valence-electron chi connectivity index (χ4n) is 2.91. The van der Waals surface area contributed by atoms with E-state index < -0.39 is 5.60 Å². The van der Waals surface area contributed by atoms with Gasteiger partial charge in [0.2, 0.25) is 0 Å². The quantitative estimate of drug-likeness (QED) is 0.941. The lowest BCUT2D eigenvalue weighted by Gasteiger charge is -2.25. The molecule has 0 aliphatic carbocycles. The van der Waals surface area contributed by atoms with Crippen LogP contribution in [0.1, 0.15) is 27.6 Å². The second-order valence-corrected chi connectivity index (χ2v) is 6.79. The Morgan fingerprint density at radius 3 is 2.80 bits per heavy atom. The molecule has 1 N–H and O–H groups in total. The van der Waals surface area contributed by atoms with E-state index in [0.29, 0.717) is 6.54 Å². The Bertz CT molecular complexity index is 613. The lowest BCUT2D eigenvalue weighted by atomic mass is 9.89. The first kappa shape index (κ1) is 13.7. The Kier molecular flexibility index (Phi) is 3.58. The Balaban J connectivity index is 1.74. The average molecular weight is 289 g/mol. The van der Waals surface area contributed by atoms with E-state index >= 15 is 0 Å². The summed E-state index contributed by atoms with van der Waals surface area (Å²) in [5.41, 5.74) is 1.48. The smallest absolute Gasteiger partial charge is 0.131 e. The average Bonchev–Trinajstić information content (AvgIpc) is 2.98. The highest BCUT2D eigenvalue weighted by atomic mass is 32.1. The SMILES string of the molecule is Cc1nnc(CN2CCC(O)(c3ccccc3C)C2)s1. The second kappa shape index (κ2) is 5.24. The molecule has 2 heterocycles. The highest BCUT2D eigenvalue weighted by Crippen LogP contribution is 2.34. The van der Waals surface area contributed by atoms with Gasteiger partial charge in [0.05, 0.1) is 6.54 Å². The maximum Gasteiger partial charge on any atom is 0.131 e. The molecule has 0 bridgehead atoms. The van der Waals surface area contributed by atoms with Crippen LogP contribution in [0, 0.1) is 13.8 Å². The van der Waals surface area contributed by atoms with Crippen LogP contribution in [-0.2, 0) is 12.1 Å². The van der Waals surface area contributed by atoms with E-state index in [9.17, 15) is 5.11 Å². The van der Waals surface area contributed by atoms with Crippen molar-refractivity contribution in [1.82, 2.24) is 15.1 Å². The topological polar surface area (TPSA) is 49.2 Å². The number of β-amino-alcohol motifs (C(OH)–C–C–N with tert-alkyl or cyclic N) is 1. The molecule has 20 heavy (non-hydrogen) atoms. The molecule has 0 amide bonds. The zero-order valence-corrected chi connectivity index (χ0v) is 12.7. The highest BCUT2D eigenvalue weighted by Gasteiger charge is 2.38. The molecule has 1 saturated heterocycles. The van der Waals surface area contributed by atoms with Crippen molar-refractivity contribution in [2.24, 2.45) is 0 Å². The minimum Gasteiger partial charge on any atom is -0.384 e. The number of rotatable bonds is 3. The van der Waals surface area contributed by atoms with Crippen LogP contribution in [0.3, 0.4) is 0 Å². The Hall–Kier alpha value is -1.30. The number of aryl methyl sites for hydroxylation is 2. The Labute approximate surface area is 123 Å². The summed E-state index contributed by atoms with van der Waals surface area (Å²) in [6.45, 7) is 6.36. The first-order chi connectivity index (χ1) is 9.57. The van der Waals surface area contributed by atoms with E-state index in [2.05, 4.69) is 28.1 Å². The minimum absolute atomic E-state index is 0.663. The van der Waals surface area contributed by atoms with Gasteiger partial charge in [-0.05, 0) is 31.4 Å². The van der Waals surface area contributed by atoms with Crippen molar-refractivity contribution >= 4 is 11.3 Å². The van der Waals surface area contributed by atoms with Crippen molar-refractivity contribution in [1.29, 1.82) is 0 Å². The largest absolute Gasteiger partial charge is 0.384 e. The third-order valence-electron chi connectivity index (χ3n) is 3.90. The van der Waals surface area contributed by atoms with Crippen LogP contribution < -0.4 is 0 Å². The third kappa shape index (κ3) is 2.61. The number of hydrogen-bond donors (Lipinski definition) is 1. The summed E-state index contributed by atoms with van der Waals surface area (Å²) >= 11 is 1.63. The monoisotopic (exact) mass is 289 g/mol. The van der Waals surface area contributed by atoms with Gasteiger partial charge in [0.15, 0.2) is 0 Å². The van der Waals surface area contributed by atoms with E-state index in [1.165, 1.54) is 0 Å². The molecule has 0 saturated carbocycles. The van der Waals surface area contributed by atoms with Gasteiger partial charge < -0.3 is 5.11 Å². The van der Waals surface area contributed by atoms with E-state index in [0.717, 1.165) is 40.7 Å². The van der Waals surface area contributed by atoms with Gasteiger partial charge in [-0.3, -0.25) is 4.90 Å². The molecule has 1 unspecified atom stereocenters. The molecular formula is C15H19N3OS. The van der Waals surface area contributed by atoms with Crippen LogP contribution in [0.4, 0.5) is 0 Å². The molecule has 1 aromatic carbocycles. The molecule has 0 radical (unpaired) electrons. The maximum atomic E-state index is 10.9. The Morgan fingerprint density at radius 1 is 1.30 bits per heavy atom. The van der Waals surface area contributed by atoms with Crippen LogP contribution in [-0.4, -0.2) is 33.3 Å². The number of aliphatic hydroxyl groups is 1. The molecule has 5 heteroatoms. The zero-order chi connectivity index (χ0) is 14.2. The van der Waals surface area contributed by atoms with Gasteiger partial charge in [0.25, 0.3) is 0 Å². The fourth-order valence-corrected chi connectivity index (χ4v) is 3.67. The molecule has 1 aliphatic rings. The van der Waals surface area contributed by atoms with Gasteiger partial charge in [-0.15, -0.1) is 21.5 Å². The van der Waals surface area contributed by atoms with Gasteiger partial charge in [0, 0.05) is 13.1 Å². The molecule has 0 spiro atoms. The minimum atomic E-state index is -0.731. The summed E-state index contributed by atoms with van der Waals surface area (Å²) in [7, 11) is 0. The normalized spacial score (nSPS) is 23.4. The van der Waals surface area contributed by atoms with Crippen molar-refractivity contribution in [3.63, 3.8) is 0 Å². The first-order valence-electron chi connectivity index (χ1n) is 6.87. The predicted octanol–water partition coefficient (Wildman–Crippen LogP) is 2.25. The van der Waals surface area contributed by atoms with Gasteiger partial charge in [-0.2, -0.15) is 0 Å². The molecule has 4 nitrogen and oxygen atoms in total. The van der Waals surface area contributed by atoms with Gasteiger partial charge in [-0.25, -0.2) is 0 Å². The van der Waals surface area contributed by atoms with E-state index in [1.807, 2.05) is 25.1 Å². The van der Waals surface area contributed by atoms with Crippen molar-refractivity contribution in [2.45, 2.75) is 32.4 Å². The van der Waals surface area contributed by atoms with Gasteiger partial charge in [0.1, 0.15) is 15.6 Å². The molecule has 1 fully saturated rings.